The van der Waals surface area contributed by atoms with Gasteiger partial charge in [0.25, 0.3) is 0 Å². The van der Waals surface area contributed by atoms with E-state index in [2.05, 4.69) is 0 Å². The van der Waals surface area contributed by atoms with Crippen molar-refractivity contribution in [2.24, 2.45) is 0 Å². The van der Waals surface area contributed by atoms with Crippen molar-refractivity contribution in [3.05, 3.63) is 0 Å². The highest BCUT2D eigenvalue weighted by molar-refractivity contribution is 6.45. The Labute approximate surface area is 115 Å². The Morgan fingerprint density at radius 2 is 1.47 bits per heavy atom. The number of hydrogen-bond acceptors (Lipinski definition) is 4. The van der Waals surface area contributed by atoms with Crippen LogP contribution in [0, 0.1) is 0 Å². The van der Waals surface area contributed by atoms with Crippen LogP contribution < -0.4 is 0 Å². The lowest BCUT2D eigenvalue weighted by Gasteiger charge is -2.36. The van der Waals surface area contributed by atoms with Gasteiger partial charge in [-0.05, 0) is 40.5 Å². The van der Waals surface area contributed by atoms with Gasteiger partial charge in [-0.25, -0.2) is 0 Å². The first-order valence-electron chi connectivity index (χ1n) is 7.43. The monoisotopic (exact) mass is 268 g/mol. The fourth-order valence-electron chi connectivity index (χ4n) is 3.54. The van der Waals surface area contributed by atoms with Crippen LogP contribution >= 0.6 is 0 Å². The number of fused-ring (bicyclic) bond motifs is 2. The van der Waals surface area contributed by atoms with Crippen molar-refractivity contribution < 1.29 is 19.2 Å². The molecule has 0 aromatic carbocycles. The molecule has 3 saturated heterocycles. The van der Waals surface area contributed by atoms with Gasteiger partial charge in [0.1, 0.15) is 0 Å². The predicted octanol–water partition coefficient (Wildman–Crippen LogP) is 2.15. The van der Waals surface area contributed by atoms with E-state index in [4.69, 9.17) is 14.0 Å². The van der Waals surface area contributed by atoms with Crippen LogP contribution in [0.1, 0.15) is 53.4 Å². The number of rotatable bonds is 2. The average molecular weight is 268 g/mol. The van der Waals surface area contributed by atoms with E-state index in [0.717, 1.165) is 12.8 Å². The zero-order valence-corrected chi connectivity index (χ0v) is 12.4. The van der Waals surface area contributed by atoms with E-state index in [0.29, 0.717) is 19.2 Å². The van der Waals surface area contributed by atoms with Crippen LogP contribution in [0.25, 0.3) is 0 Å². The Kier molecular flexibility index (Phi) is 3.07. The molecular weight excluding hydrogens is 243 g/mol. The Bertz CT molecular complexity index is 340. The van der Waals surface area contributed by atoms with E-state index in [-0.39, 0.29) is 30.5 Å². The lowest BCUT2D eigenvalue weighted by Crippen LogP contribution is -2.44. The van der Waals surface area contributed by atoms with Gasteiger partial charge in [-0.2, -0.15) is 0 Å². The van der Waals surface area contributed by atoms with Crippen LogP contribution in [0.3, 0.4) is 0 Å². The van der Waals surface area contributed by atoms with Crippen LogP contribution in [0.4, 0.5) is 0 Å². The molecule has 3 fully saturated rings. The number of hydrogen-bond donors (Lipinski definition) is 1. The summed E-state index contributed by atoms with van der Waals surface area (Å²) in [6.45, 7) is 8.19. The molecule has 108 valence electrons. The summed E-state index contributed by atoms with van der Waals surface area (Å²) >= 11 is 0. The lowest BCUT2D eigenvalue weighted by atomic mass is 9.70. The maximum absolute atomic E-state index is 10.8. The van der Waals surface area contributed by atoms with Gasteiger partial charge in [-0.3, -0.25) is 0 Å². The molecule has 0 aliphatic carbocycles. The molecule has 0 amide bonds. The van der Waals surface area contributed by atoms with Crippen LogP contribution in [-0.2, 0) is 14.0 Å². The zero-order valence-electron chi connectivity index (χ0n) is 12.4. The molecule has 19 heavy (non-hydrogen) atoms. The van der Waals surface area contributed by atoms with Gasteiger partial charge in [0.2, 0.25) is 0 Å². The molecule has 0 saturated carbocycles. The third-order valence-corrected chi connectivity index (χ3v) is 5.26. The van der Waals surface area contributed by atoms with Crippen LogP contribution in [0.2, 0.25) is 6.32 Å². The van der Waals surface area contributed by atoms with Gasteiger partial charge in [-0.15, -0.1) is 0 Å². The van der Waals surface area contributed by atoms with Crippen LogP contribution in [0.15, 0.2) is 0 Å². The minimum Gasteiger partial charge on any atom is -0.403 e. The molecule has 3 aliphatic rings. The molecule has 0 radical (unpaired) electrons. The fourth-order valence-corrected chi connectivity index (χ4v) is 3.54. The molecule has 0 spiro atoms. The van der Waals surface area contributed by atoms with Crippen molar-refractivity contribution in [3.63, 3.8) is 0 Å². The Hall–Kier alpha value is -0.0951. The molecule has 2 unspecified atom stereocenters. The van der Waals surface area contributed by atoms with Crippen LogP contribution in [0.5, 0.6) is 0 Å². The topological polar surface area (TPSA) is 47.9 Å². The number of ether oxygens (including phenoxy) is 1. The fraction of sp³-hybridized carbons (Fsp3) is 1.00. The van der Waals surface area contributed by atoms with E-state index in [1.54, 1.807) is 0 Å². The average Bonchev–Trinajstić information content (AvgIpc) is 2.64. The van der Waals surface area contributed by atoms with E-state index in [1.165, 1.54) is 0 Å². The van der Waals surface area contributed by atoms with Gasteiger partial charge in [0.15, 0.2) is 0 Å². The molecule has 3 aliphatic heterocycles. The second-order valence-electron chi connectivity index (χ2n) is 7.48. The maximum atomic E-state index is 10.8. The first kappa shape index (κ1) is 13.9. The summed E-state index contributed by atoms with van der Waals surface area (Å²) in [5.41, 5.74) is -1.33. The summed E-state index contributed by atoms with van der Waals surface area (Å²) in [5, 5.41) is 10.8. The SMILES string of the molecule is CC1(C)OB(CC2(O)CC3CCC(C2)O3)OC1(C)C. The number of aliphatic hydroxyl groups is 1. The summed E-state index contributed by atoms with van der Waals surface area (Å²) < 4.78 is 17.8. The smallest absolute Gasteiger partial charge is 0.403 e. The van der Waals surface area contributed by atoms with Crippen molar-refractivity contribution in [2.45, 2.75) is 88.7 Å². The summed E-state index contributed by atoms with van der Waals surface area (Å²) in [6, 6.07) is 0. The Balaban J connectivity index is 1.66. The predicted molar refractivity (Wildman–Crippen MR) is 73.0 cm³/mol. The van der Waals surface area contributed by atoms with Gasteiger partial charge >= 0.3 is 7.12 Å². The summed E-state index contributed by atoms with van der Waals surface area (Å²) in [7, 11) is -0.313. The standard InChI is InChI=1S/C14H25BO4/c1-12(2)13(3,4)19-15(18-12)9-14(16)7-10-5-6-11(8-14)17-10/h10-11,16H,5-9H2,1-4H3. The molecule has 0 aromatic heterocycles. The van der Waals surface area contributed by atoms with Gasteiger partial charge in [0, 0.05) is 19.2 Å². The van der Waals surface area contributed by atoms with E-state index >= 15 is 0 Å². The third kappa shape index (κ3) is 2.46. The van der Waals surface area contributed by atoms with Crippen molar-refractivity contribution in [3.8, 4) is 0 Å². The minimum absolute atomic E-state index is 0.228. The normalized spacial score (nSPS) is 43.7. The second-order valence-corrected chi connectivity index (χ2v) is 7.48. The quantitative estimate of drug-likeness (QED) is 0.779. The molecule has 2 atom stereocenters. The molecule has 2 bridgehead atoms. The summed E-state index contributed by atoms with van der Waals surface area (Å²) in [5.74, 6) is 0. The van der Waals surface area contributed by atoms with Crippen molar-refractivity contribution >= 4 is 7.12 Å². The molecule has 3 rings (SSSR count). The zero-order chi connectivity index (χ0) is 13.9. The lowest BCUT2D eigenvalue weighted by molar-refractivity contribution is -0.103. The van der Waals surface area contributed by atoms with E-state index < -0.39 is 5.60 Å². The van der Waals surface area contributed by atoms with Crippen molar-refractivity contribution in [2.75, 3.05) is 0 Å². The van der Waals surface area contributed by atoms with Gasteiger partial charge in [-0.1, -0.05) is 0 Å². The van der Waals surface area contributed by atoms with Gasteiger partial charge < -0.3 is 19.2 Å². The van der Waals surface area contributed by atoms with Crippen LogP contribution in [-0.4, -0.2) is 41.2 Å². The molecule has 4 nitrogen and oxygen atoms in total. The largest absolute Gasteiger partial charge is 0.460 e. The molecular formula is C14H25BO4. The molecule has 1 N–H and O–H groups in total. The highest BCUT2D eigenvalue weighted by atomic mass is 16.7. The third-order valence-electron chi connectivity index (χ3n) is 5.26. The molecule has 0 aromatic rings. The van der Waals surface area contributed by atoms with E-state index in [1.807, 2.05) is 27.7 Å². The summed E-state index contributed by atoms with van der Waals surface area (Å²) in [4.78, 5) is 0. The first-order chi connectivity index (χ1) is 8.69. The van der Waals surface area contributed by atoms with Crippen molar-refractivity contribution in [1.82, 2.24) is 0 Å². The Morgan fingerprint density at radius 1 is 1.00 bits per heavy atom. The molecule has 3 heterocycles. The highest BCUT2D eigenvalue weighted by Crippen LogP contribution is 2.44. The molecule has 5 heteroatoms. The minimum atomic E-state index is -0.689. The summed E-state index contributed by atoms with van der Waals surface area (Å²) in [6.07, 6.45) is 4.60. The Morgan fingerprint density at radius 3 is 1.95 bits per heavy atom. The second kappa shape index (κ2) is 4.20. The van der Waals surface area contributed by atoms with Crippen molar-refractivity contribution in [1.29, 1.82) is 0 Å². The maximum Gasteiger partial charge on any atom is 0.460 e. The van der Waals surface area contributed by atoms with E-state index in [9.17, 15) is 5.11 Å². The highest BCUT2D eigenvalue weighted by Gasteiger charge is 2.54. The van der Waals surface area contributed by atoms with Gasteiger partial charge in [0.05, 0.1) is 29.0 Å². The first-order valence-corrected chi connectivity index (χ1v) is 7.43.